The summed E-state index contributed by atoms with van der Waals surface area (Å²) in [5, 5.41) is 9.89. The molecule has 0 saturated carbocycles. The molecule has 5 N–H and O–H groups in total. The minimum atomic E-state index is -0.129. The highest BCUT2D eigenvalue weighted by atomic mass is 32.1. The van der Waals surface area contributed by atoms with Crippen molar-refractivity contribution in [3.8, 4) is 0 Å². The van der Waals surface area contributed by atoms with Crippen molar-refractivity contribution in [2.24, 2.45) is 10.7 Å². The molecule has 0 bridgehead atoms. The van der Waals surface area contributed by atoms with Crippen LogP contribution in [0.5, 0.6) is 0 Å². The van der Waals surface area contributed by atoms with Crippen LogP contribution in [0.25, 0.3) is 0 Å². The highest BCUT2D eigenvalue weighted by Gasteiger charge is 1.94. The molecule has 0 amide bonds. The number of hydroxylamine groups is 1. The first-order valence-electron chi connectivity index (χ1n) is 3.09. The van der Waals surface area contributed by atoms with E-state index in [9.17, 15) is 4.79 Å². The maximum atomic E-state index is 10.6. The number of aromatic amines is 1. The average molecular weight is 188 g/mol. The molecule has 0 aliphatic carbocycles. The van der Waals surface area contributed by atoms with E-state index in [1.807, 2.05) is 0 Å². The summed E-state index contributed by atoms with van der Waals surface area (Å²) in [4.78, 5) is 16.7. The monoisotopic (exact) mass is 188 g/mol. The summed E-state index contributed by atoms with van der Waals surface area (Å²) in [6.45, 7) is 0.248. The fourth-order valence-corrected chi connectivity index (χ4v) is 1.17. The Morgan fingerprint density at radius 3 is 3.17 bits per heavy atom. The van der Waals surface area contributed by atoms with Crippen LogP contribution in [0.2, 0.25) is 0 Å². The second-order valence-corrected chi connectivity index (χ2v) is 2.83. The molecule has 12 heavy (non-hydrogen) atoms. The van der Waals surface area contributed by atoms with Crippen LogP contribution in [-0.2, 0) is 6.54 Å². The standard InChI is InChI=1S/C5H8N4O2S/c6-4(9-11)7-1-3-2-12-5(10)8-3/h2,11H,1H2,(H,8,10)(H3,6,7,9). The first-order valence-corrected chi connectivity index (χ1v) is 3.97. The van der Waals surface area contributed by atoms with E-state index in [1.165, 1.54) is 0 Å². The van der Waals surface area contributed by atoms with Gasteiger partial charge in [0.15, 0.2) is 0 Å². The first kappa shape index (κ1) is 8.75. The molecule has 6 nitrogen and oxygen atoms in total. The number of nitrogens with two attached hydrogens (primary N) is 1. The summed E-state index contributed by atoms with van der Waals surface area (Å²) in [6.07, 6.45) is 0. The molecule has 0 radical (unpaired) electrons. The summed E-state index contributed by atoms with van der Waals surface area (Å²) >= 11 is 1.06. The Bertz CT molecular complexity index is 328. The summed E-state index contributed by atoms with van der Waals surface area (Å²) in [7, 11) is 0. The van der Waals surface area contributed by atoms with Gasteiger partial charge in [-0.1, -0.05) is 11.3 Å². The molecule has 0 aliphatic rings. The van der Waals surface area contributed by atoms with Crippen LogP contribution < -0.4 is 16.1 Å². The van der Waals surface area contributed by atoms with Gasteiger partial charge in [0, 0.05) is 5.38 Å². The van der Waals surface area contributed by atoms with Gasteiger partial charge in [-0.05, 0) is 0 Å². The Morgan fingerprint density at radius 2 is 2.67 bits per heavy atom. The van der Waals surface area contributed by atoms with Crippen LogP contribution in [0, 0.1) is 0 Å². The van der Waals surface area contributed by atoms with Gasteiger partial charge in [0.1, 0.15) is 0 Å². The summed E-state index contributed by atoms with van der Waals surface area (Å²) in [5.74, 6) is -0.0814. The largest absolute Gasteiger partial charge is 0.368 e. The van der Waals surface area contributed by atoms with E-state index < -0.39 is 0 Å². The van der Waals surface area contributed by atoms with E-state index in [0.717, 1.165) is 11.3 Å². The molecule has 0 atom stereocenters. The number of nitrogens with one attached hydrogen (secondary N) is 2. The van der Waals surface area contributed by atoms with Crippen molar-refractivity contribution >= 4 is 17.3 Å². The summed E-state index contributed by atoms with van der Waals surface area (Å²) in [5.41, 5.74) is 7.48. The van der Waals surface area contributed by atoms with E-state index in [1.54, 1.807) is 10.9 Å². The zero-order chi connectivity index (χ0) is 8.97. The van der Waals surface area contributed by atoms with E-state index >= 15 is 0 Å². The van der Waals surface area contributed by atoms with Crippen molar-refractivity contribution in [1.29, 1.82) is 0 Å². The fourth-order valence-electron chi connectivity index (χ4n) is 0.597. The Kier molecular flexibility index (Phi) is 2.83. The highest BCUT2D eigenvalue weighted by molar-refractivity contribution is 7.07. The van der Waals surface area contributed by atoms with Crippen molar-refractivity contribution in [2.45, 2.75) is 6.54 Å². The van der Waals surface area contributed by atoms with Crippen molar-refractivity contribution in [2.75, 3.05) is 0 Å². The number of aromatic nitrogens is 1. The van der Waals surface area contributed by atoms with E-state index in [4.69, 9.17) is 10.9 Å². The average Bonchev–Trinajstić information content (AvgIpc) is 2.47. The van der Waals surface area contributed by atoms with E-state index in [0.29, 0.717) is 5.69 Å². The van der Waals surface area contributed by atoms with E-state index in [-0.39, 0.29) is 17.4 Å². The third-order valence-electron chi connectivity index (χ3n) is 1.11. The smallest absolute Gasteiger partial charge is 0.304 e. The molecule has 0 spiro atoms. The fraction of sp³-hybridized carbons (Fsp3) is 0.200. The minimum absolute atomic E-state index is 0.0814. The number of guanidine groups is 1. The zero-order valence-corrected chi connectivity index (χ0v) is 6.89. The maximum Gasteiger partial charge on any atom is 0.304 e. The number of aliphatic imine (C=N–C) groups is 1. The summed E-state index contributed by atoms with van der Waals surface area (Å²) < 4.78 is 0. The topological polar surface area (TPSA) is 104 Å². The van der Waals surface area contributed by atoms with Crippen LogP contribution in [0.3, 0.4) is 0 Å². The van der Waals surface area contributed by atoms with Gasteiger partial charge in [0.25, 0.3) is 0 Å². The predicted molar refractivity (Wildman–Crippen MR) is 45.2 cm³/mol. The molecule has 1 heterocycles. The maximum absolute atomic E-state index is 10.6. The minimum Gasteiger partial charge on any atom is -0.368 e. The van der Waals surface area contributed by atoms with E-state index in [2.05, 4.69) is 9.98 Å². The number of hydrogen-bond acceptors (Lipinski definition) is 4. The lowest BCUT2D eigenvalue weighted by Gasteiger charge is -1.94. The molecule has 66 valence electrons. The Balaban J connectivity index is 2.59. The van der Waals surface area contributed by atoms with Gasteiger partial charge in [0.2, 0.25) is 5.96 Å². The quantitative estimate of drug-likeness (QED) is 0.278. The molecule has 0 saturated heterocycles. The predicted octanol–water partition coefficient (Wildman–Crippen LogP) is -0.770. The second kappa shape index (κ2) is 3.88. The molecular weight excluding hydrogens is 180 g/mol. The van der Waals surface area contributed by atoms with Crippen molar-refractivity contribution in [1.82, 2.24) is 10.5 Å². The van der Waals surface area contributed by atoms with Crippen molar-refractivity contribution in [3.05, 3.63) is 20.7 Å². The van der Waals surface area contributed by atoms with Gasteiger partial charge in [-0.2, -0.15) is 0 Å². The Morgan fingerprint density at radius 1 is 1.92 bits per heavy atom. The Hall–Kier alpha value is -1.34. The first-order chi connectivity index (χ1) is 5.72. The lowest BCUT2D eigenvalue weighted by atomic mass is 10.5. The SMILES string of the molecule is NC(=NCc1csc(=O)[nH]1)NO. The van der Waals surface area contributed by atoms with Crippen LogP contribution in [-0.4, -0.2) is 16.2 Å². The van der Waals surface area contributed by atoms with Crippen LogP contribution in [0.15, 0.2) is 15.2 Å². The van der Waals surface area contributed by atoms with Crippen LogP contribution in [0.4, 0.5) is 0 Å². The van der Waals surface area contributed by atoms with Gasteiger partial charge in [0.05, 0.1) is 12.2 Å². The molecule has 1 aromatic rings. The summed E-state index contributed by atoms with van der Waals surface area (Å²) in [6, 6.07) is 0. The van der Waals surface area contributed by atoms with Crippen molar-refractivity contribution in [3.63, 3.8) is 0 Å². The second-order valence-electron chi connectivity index (χ2n) is 1.99. The molecule has 0 aliphatic heterocycles. The van der Waals surface area contributed by atoms with Gasteiger partial charge in [-0.25, -0.2) is 10.5 Å². The molecule has 0 fully saturated rings. The Labute approximate surface area is 71.7 Å². The normalized spacial score (nSPS) is 11.6. The van der Waals surface area contributed by atoms with Gasteiger partial charge in [-0.15, -0.1) is 0 Å². The zero-order valence-electron chi connectivity index (χ0n) is 6.07. The lowest BCUT2D eigenvalue weighted by molar-refractivity contribution is 0.232. The van der Waals surface area contributed by atoms with Gasteiger partial charge < -0.3 is 10.7 Å². The lowest BCUT2D eigenvalue weighted by Crippen LogP contribution is -2.28. The van der Waals surface area contributed by atoms with Gasteiger partial charge >= 0.3 is 4.87 Å². The number of nitrogens with zero attached hydrogens (tertiary/aromatic N) is 1. The molecule has 1 rings (SSSR count). The van der Waals surface area contributed by atoms with Crippen LogP contribution >= 0.6 is 11.3 Å². The third kappa shape index (κ3) is 2.36. The molecule has 0 aromatic carbocycles. The molecule has 0 unspecified atom stereocenters. The molecular formula is C5H8N4O2S. The van der Waals surface area contributed by atoms with Crippen LogP contribution in [0.1, 0.15) is 5.69 Å². The molecule has 1 aromatic heterocycles. The number of hydrogen-bond donors (Lipinski definition) is 4. The molecule has 7 heteroatoms. The number of H-pyrrole nitrogens is 1. The third-order valence-corrected chi connectivity index (χ3v) is 1.82. The van der Waals surface area contributed by atoms with Crippen molar-refractivity contribution < 1.29 is 5.21 Å². The number of thiazole rings is 1. The van der Waals surface area contributed by atoms with Gasteiger partial charge in [-0.3, -0.25) is 10.0 Å². The highest BCUT2D eigenvalue weighted by Crippen LogP contribution is 1.96. The number of rotatable bonds is 2.